The van der Waals surface area contributed by atoms with Gasteiger partial charge >= 0.3 is 0 Å². The van der Waals surface area contributed by atoms with E-state index >= 15 is 0 Å². The van der Waals surface area contributed by atoms with Crippen molar-refractivity contribution in [2.45, 2.75) is 33.2 Å². The highest BCUT2D eigenvalue weighted by Gasteiger charge is 2.16. The lowest BCUT2D eigenvalue weighted by molar-refractivity contribution is 0.445. The molecule has 2 aromatic rings. The minimum Gasteiger partial charge on any atom is -0.313 e. The van der Waals surface area contributed by atoms with E-state index < -0.39 is 17.5 Å². The number of halogens is 3. The molecule has 6 heteroatoms. The summed E-state index contributed by atoms with van der Waals surface area (Å²) in [6.45, 7) is 5.46. The van der Waals surface area contributed by atoms with E-state index in [2.05, 4.69) is 10.4 Å². The van der Waals surface area contributed by atoms with Gasteiger partial charge in [-0.1, -0.05) is 20.3 Å². The molecular formula is C15H18F3N3. The highest BCUT2D eigenvalue weighted by molar-refractivity contribution is 5.36. The first-order valence-corrected chi connectivity index (χ1v) is 6.99. The summed E-state index contributed by atoms with van der Waals surface area (Å²) in [5.74, 6) is -3.89. The number of hydrogen-bond donors (Lipinski definition) is 1. The number of nitrogens with one attached hydrogen (secondary N) is 1. The molecule has 0 fully saturated rings. The summed E-state index contributed by atoms with van der Waals surface area (Å²) in [5.41, 5.74) is 2.05. The highest BCUT2D eigenvalue weighted by atomic mass is 19.2. The van der Waals surface area contributed by atoms with Crippen molar-refractivity contribution in [1.82, 2.24) is 15.1 Å². The van der Waals surface area contributed by atoms with Crippen molar-refractivity contribution in [2.75, 3.05) is 6.54 Å². The standard InChI is InChI=1S/C15H18F3N3/c1-3-5-14-10(8-19-4-2)9-20-21(14)11-6-12(16)15(18)13(17)7-11/h6-7,9,19H,3-5,8H2,1-2H3. The van der Waals surface area contributed by atoms with Gasteiger partial charge in [0.15, 0.2) is 17.5 Å². The van der Waals surface area contributed by atoms with Crippen molar-refractivity contribution in [2.24, 2.45) is 0 Å². The lowest BCUT2D eigenvalue weighted by atomic mass is 10.1. The molecule has 1 aromatic carbocycles. The van der Waals surface area contributed by atoms with Crippen LogP contribution in [0.3, 0.4) is 0 Å². The fourth-order valence-corrected chi connectivity index (χ4v) is 2.21. The second-order valence-corrected chi connectivity index (χ2v) is 4.78. The normalized spacial score (nSPS) is 11.1. The maximum Gasteiger partial charge on any atom is 0.194 e. The maximum atomic E-state index is 13.4. The average molecular weight is 297 g/mol. The molecule has 0 unspecified atom stereocenters. The lowest BCUT2D eigenvalue weighted by Gasteiger charge is -2.10. The molecule has 0 bridgehead atoms. The molecule has 2 rings (SSSR count). The van der Waals surface area contributed by atoms with Crippen LogP contribution in [0.5, 0.6) is 0 Å². The molecule has 0 saturated carbocycles. The zero-order valence-corrected chi connectivity index (χ0v) is 12.1. The number of hydrogen-bond acceptors (Lipinski definition) is 2. The summed E-state index contributed by atoms with van der Waals surface area (Å²) in [6, 6.07) is 1.92. The Hall–Kier alpha value is -1.82. The zero-order valence-electron chi connectivity index (χ0n) is 12.1. The van der Waals surface area contributed by atoms with E-state index in [9.17, 15) is 13.2 Å². The van der Waals surface area contributed by atoms with Gasteiger partial charge < -0.3 is 5.32 Å². The molecule has 1 N–H and O–H groups in total. The van der Waals surface area contributed by atoms with Crippen molar-refractivity contribution in [3.05, 3.63) is 47.0 Å². The van der Waals surface area contributed by atoms with Crippen LogP contribution in [0, 0.1) is 17.5 Å². The third kappa shape index (κ3) is 3.26. The SMILES string of the molecule is CCCc1c(CNCC)cnn1-c1cc(F)c(F)c(F)c1. The van der Waals surface area contributed by atoms with Crippen molar-refractivity contribution < 1.29 is 13.2 Å². The fourth-order valence-electron chi connectivity index (χ4n) is 2.21. The number of benzene rings is 1. The van der Waals surface area contributed by atoms with E-state index in [1.165, 1.54) is 4.68 Å². The van der Waals surface area contributed by atoms with Crippen LogP contribution in [0.1, 0.15) is 31.5 Å². The monoisotopic (exact) mass is 297 g/mol. The first-order valence-electron chi connectivity index (χ1n) is 6.99. The molecule has 0 aliphatic carbocycles. The van der Waals surface area contributed by atoms with Crippen molar-refractivity contribution in [3.63, 3.8) is 0 Å². The van der Waals surface area contributed by atoms with E-state index in [0.717, 1.165) is 42.8 Å². The number of rotatable bonds is 6. The maximum absolute atomic E-state index is 13.4. The third-order valence-electron chi connectivity index (χ3n) is 3.22. The van der Waals surface area contributed by atoms with Gasteiger partial charge in [0.25, 0.3) is 0 Å². The van der Waals surface area contributed by atoms with E-state index in [1.807, 2.05) is 13.8 Å². The molecule has 1 heterocycles. The Morgan fingerprint density at radius 3 is 2.38 bits per heavy atom. The Kier molecular flexibility index (Phi) is 5.01. The van der Waals surface area contributed by atoms with Crippen LogP contribution in [0.4, 0.5) is 13.2 Å². The van der Waals surface area contributed by atoms with E-state index in [1.54, 1.807) is 6.20 Å². The van der Waals surface area contributed by atoms with Crippen LogP contribution in [0.15, 0.2) is 18.3 Å². The molecule has 3 nitrogen and oxygen atoms in total. The molecule has 0 spiro atoms. The topological polar surface area (TPSA) is 29.9 Å². The van der Waals surface area contributed by atoms with Crippen molar-refractivity contribution >= 4 is 0 Å². The molecule has 0 atom stereocenters. The smallest absolute Gasteiger partial charge is 0.194 e. The molecule has 0 aliphatic rings. The first kappa shape index (κ1) is 15.6. The zero-order chi connectivity index (χ0) is 15.4. The van der Waals surface area contributed by atoms with Gasteiger partial charge in [0.2, 0.25) is 0 Å². The van der Waals surface area contributed by atoms with Crippen LogP contribution in [0.25, 0.3) is 5.69 Å². The van der Waals surface area contributed by atoms with Crippen molar-refractivity contribution in [3.8, 4) is 5.69 Å². The van der Waals surface area contributed by atoms with Gasteiger partial charge in [-0.3, -0.25) is 0 Å². The van der Waals surface area contributed by atoms with Crippen LogP contribution in [-0.2, 0) is 13.0 Å². The lowest BCUT2D eigenvalue weighted by Crippen LogP contribution is -2.13. The predicted octanol–water partition coefficient (Wildman–Crippen LogP) is 3.35. The van der Waals surface area contributed by atoms with E-state index in [4.69, 9.17) is 0 Å². The molecular weight excluding hydrogens is 279 g/mol. The molecule has 21 heavy (non-hydrogen) atoms. The van der Waals surface area contributed by atoms with Crippen LogP contribution < -0.4 is 5.32 Å². The average Bonchev–Trinajstić information content (AvgIpc) is 2.85. The fraction of sp³-hybridized carbons (Fsp3) is 0.400. The van der Waals surface area contributed by atoms with E-state index in [-0.39, 0.29) is 5.69 Å². The van der Waals surface area contributed by atoms with Crippen LogP contribution in [-0.4, -0.2) is 16.3 Å². The minimum atomic E-state index is -1.46. The molecule has 114 valence electrons. The summed E-state index contributed by atoms with van der Waals surface area (Å²) >= 11 is 0. The summed E-state index contributed by atoms with van der Waals surface area (Å²) in [5, 5.41) is 7.39. The Balaban J connectivity index is 2.45. The highest BCUT2D eigenvalue weighted by Crippen LogP contribution is 2.21. The largest absolute Gasteiger partial charge is 0.313 e. The van der Waals surface area contributed by atoms with Crippen LogP contribution >= 0.6 is 0 Å². The molecule has 0 saturated heterocycles. The second kappa shape index (κ2) is 6.76. The molecule has 0 radical (unpaired) electrons. The Morgan fingerprint density at radius 2 is 1.81 bits per heavy atom. The predicted molar refractivity (Wildman–Crippen MR) is 74.8 cm³/mol. The summed E-state index contributed by atoms with van der Waals surface area (Å²) in [7, 11) is 0. The molecule has 0 aliphatic heterocycles. The van der Waals surface area contributed by atoms with Gasteiger partial charge in [-0.05, 0) is 13.0 Å². The molecule has 0 amide bonds. The van der Waals surface area contributed by atoms with E-state index in [0.29, 0.717) is 6.54 Å². The quantitative estimate of drug-likeness (QED) is 0.829. The Bertz CT molecular complexity index is 600. The van der Waals surface area contributed by atoms with Gasteiger partial charge in [-0.2, -0.15) is 5.10 Å². The van der Waals surface area contributed by atoms with Gasteiger partial charge in [-0.25, -0.2) is 17.9 Å². The number of nitrogens with zero attached hydrogens (tertiary/aromatic N) is 2. The summed E-state index contributed by atoms with van der Waals surface area (Å²) in [6.07, 6.45) is 3.27. The Labute approximate surface area is 121 Å². The third-order valence-corrected chi connectivity index (χ3v) is 3.22. The molecule has 1 aromatic heterocycles. The van der Waals surface area contributed by atoms with Gasteiger partial charge in [0.1, 0.15) is 0 Å². The minimum absolute atomic E-state index is 0.192. The van der Waals surface area contributed by atoms with Gasteiger partial charge in [0, 0.05) is 29.9 Å². The van der Waals surface area contributed by atoms with Gasteiger partial charge in [0.05, 0.1) is 11.9 Å². The van der Waals surface area contributed by atoms with Crippen molar-refractivity contribution in [1.29, 1.82) is 0 Å². The summed E-state index contributed by atoms with van der Waals surface area (Å²) in [4.78, 5) is 0. The number of aromatic nitrogens is 2. The first-order chi connectivity index (χ1) is 10.1. The second-order valence-electron chi connectivity index (χ2n) is 4.78. The van der Waals surface area contributed by atoms with Gasteiger partial charge in [-0.15, -0.1) is 0 Å². The summed E-state index contributed by atoms with van der Waals surface area (Å²) < 4.78 is 41.3. The van der Waals surface area contributed by atoms with Crippen LogP contribution in [0.2, 0.25) is 0 Å². The Morgan fingerprint density at radius 1 is 1.14 bits per heavy atom.